The number of hydrogen-bond donors (Lipinski definition) is 0. The third-order valence-electron chi connectivity index (χ3n) is 1.16. The lowest BCUT2D eigenvalue weighted by atomic mass is 10.3. The molecule has 0 aliphatic rings. The number of carbonyl (C=O) groups is 1. The molecule has 0 saturated carbocycles. The second-order valence-corrected chi connectivity index (χ2v) is 2.03. The van der Waals surface area contributed by atoms with Crippen LogP contribution >= 0.6 is 0 Å². The number of rotatable bonds is 2. The largest absolute Gasteiger partial charge is 0.423 e. The summed E-state index contributed by atoms with van der Waals surface area (Å²) in [6, 6.07) is 8.47. The van der Waals surface area contributed by atoms with E-state index in [-0.39, 0.29) is 6.33 Å². The Morgan fingerprint density at radius 3 is 2.58 bits per heavy atom. The van der Waals surface area contributed by atoms with Crippen LogP contribution < -0.4 is 4.74 Å². The first-order valence-corrected chi connectivity index (χ1v) is 3.36. The Morgan fingerprint density at radius 1 is 1.33 bits per heavy atom. The molecule has 0 saturated heterocycles. The highest BCUT2D eigenvalue weighted by Gasteiger charge is 1.97. The van der Waals surface area contributed by atoms with Crippen LogP contribution in [0.3, 0.4) is 0 Å². The maximum absolute atomic E-state index is 11.5. The molecule has 0 aromatic heterocycles. The number of ether oxygens (including phenoxy) is 1. The number of carbonyl (C=O) groups excluding carboxylic acids is 1. The Bertz CT molecular complexity index is 280. The molecule has 0 fully saturated rings. The Balaban J connectivity index is 2.59. The fourth-order valence-corrected chi connectivity index (χ4v) is 0.690. The van der Waals surface area contributed by atoms with E-state index >= 15 is 0 Å². The van der Waals surface area contributed by atoms with Crippen LogP contribution in [0.2, 0.25) is 0 Å². The third kappa shape index (κ3) is 2.54. The SMILES string of the molecule is O=C(C=CF)Oc1ccccc1. The number of halogens is 1. The predicted octanol–water partition coefficient (Wildman–Crippen LogP) is 2.08. The van der Waals surface area contributed by atoms with Crippen molar-refractivity contribution in [1.29, 1.82) is 0 Å². The van der Waals surface area contributed by atoms with E-state index in [1.807, 2.05) is 0 Å². The van der Waals surface area contributed by atoms with Gasteiger partial charge < -0.3 is 4.74 Å². The Labute approximate surface area is 69.3 Å². The number of esters is 1. The van der Waals surface area contributed by atoms with Crippen LogP contribution in [-0.4, -0.2) is 5.97 Å². The van der Waals surface area contributed by atoms with Crippen molar-refractivity contribution in [3.05, 3.63) is 42.7 Å². The van der Waals surface area contributed by atoms with Gasteiger partial charge in [0.05, 0.1) is 12.4 Å². The Morgan fingerprint density at radius 2 is 2.00 bits per heavy atom. The van der Waals surface area contributed by atoms with Gasteiger partial charge in [-0.25, -0.2) is 9.18 Å². The smallest absolute Gasteiger partial charge is 0.338 e. The molecule has 62 valence electrons. The number of para-hydroxylation sites is 1. The zero-order valence-electron chi connectivity index (χ0n) is 6.24. The highest BCUT2D eigenvalue weighted by Crippen LogP contribution is 2.08. The maximum atomic E-state index is 11.5. The molecule has 0 radical (unpaired) electrons. The summed E-state index contributed by atoms with van der Waals surface area (Å²) in [7, 11) is 0. The zero-order valence-corrected chi connectivity index (χ0v) is 6.24. The molecule has 0 spiro atoms. The molecule has 0 atom stereocenters. The first-order chi connectivity index (χ1) is 5.83. The standard InChI is InChI=1S/C9H7FO2/c10-7-6-9(11)12-8-4-2-1-3-5-8/h1-7H. The third-order valence-corrected chi connectivity index (χ3v) is 1.16. The molecule has 1 aromatic carbocycles. The first kappa shape index (κ1) is 8.46. The summed E-state index contributed by atoms with van der Waals surface area (Å²) in [4.78, 5) is 10.7. The maximum Gasteiger partial charge on any atom is 0.338 e. The lowest BCUT2D eigenvalue weighted by molar-refractivity contribution is -0.129. The molecule has 0 unspecified atom stereocenters. The molecule has 1 aromatic rings. The highest BCUT2D eigenvalue weighted by molar-refractivity contribution is 5.83. The number of benzene rings is 1. The van der Waals surface area contributed by atoms with Gasteiger partial charge in [-0.2, -0.15) is 0 Å². The first-order valence-electron chi connectivity index (χ1n) is 3.36. The molecule has 1 rings (SSSR count). The van der Waals surface area contributed by atoms with Crippen LogP contribution in [0.4, 0.5) is 4.39 Å². The van der Waals surface area contributed by atoms with Crippen LogP contribution in [0.1, 0.15) is 0 Å². The van der Waals surface area contributed by atoms with Crippen LogP contribution in [0, 0.1) is 0 Å². The van der Waals surface area contributed by atoms with Gasteiger partial charge in [-0.3, -0.25) is 0 Å². The van der Waals surface area contributed by atoms with Gasteiger partial charge >= 0.3 is 5.97 Å². The summed E-state index contributed by atoms with van der Waals surface area (Å²) in [5.41, 5.74) is 0. The van der Waals surface area contributed by atoms with Gasteiger partial charge in [-0.05, 0) is 12.1 Å². The normalized spacial score (nSPS) is 10.1. The molecule has 0 heterocycles. The van der Waals surface area contributed by atoms with Gasteiger partial charge in [0.2, 0.25) is 0 Å². The second kappa shape index (κ2) is 4.28. The Hall–Kier alpha value is -1.64. The summed E-state index contributed by atoms with van der Waals surface area (Å²) in [6.45, 7) is 0. The summed E-state index contributed by atoms with van der Waals surface area (Å²) in [5, 5.41) is 0. The van der Waals surface area contributed by atoms with E-state index in [0.29, 0.717) is 11.8 Å². The lowest BCUT2D eigenvalue weighted by Gasteiger charge is -1.98. The molecule has 0 N–H and O–H groups in total. The lowest BCUT2D eigenvalue weighted by Crippen LogP contribution is -2.02. The van der Waals surface area contributed by atoms with Crippen molar-refractivity contribution >= 4 is 5.97 Å². The van der Waals surface area contributed by atoms with E-state index < -0.39 is 5.97 Å². The van der Waals surface area contributed by atoms with Crippen molar-refractivity contribution in [3.63, 3.8) is 0 Å². The monoisotopic (exact) mass is 166 g/mol. The molecule has 0 bridgehead atoms. The van der Waals surface area contributed by atoms with Crippen molar-refractivity contribution in [2.24, 2.45) is 0 Å². The van der Waals surface area contributed by atoms with Crippen LogP contribution in [0.25, 0.3) is 0 Å². The van der Waals surface area contributed by atoms with Gasteiger partial charge in [-0.1, -0.05) is 18.2 Å². The summed E-state index contributed by atoms with van der Waals surface area (Å²) >= 11 is 0. The number of hydrogen-bond acceptors (Lipinski definition) is 2. The zero-order chi connectivity index (χ0) is 8.81. The minimum Gasteiger partial charge on any atom is -0.423 e. The fourth-order valence-electron chi connectivity index (χ4n) is 0.690. The van der Waals surface area contributed by atoms with E-state index in [1.165, 1.54) is 0 Å². The quantitative estimate of drug-likeness (QED) is 0.382. The van der Waals surface area contributed by atoms with Gasteiger partial charge in [0, 0.05) is 0 Å². The molecule has 0 aliphatic heterocycles. The minimum atomic E-state index is -0.719. The molecule has 3 heteroatoms. The summed E-state index contributed by atoms with van der Waals surface area (Å²) < 4.78 is 16.2. The van der Waals surface area contributed by atoms with E-state index in [4.69, 9.17) is 0 Å². The second-order valence-electron chi connectivity index (χ2n) is 2.03. The van der Waals surface area contributed by atoms with Gasteiger partial charge in [-0.15, -0.1) is 0 Å². The van der Waals surface area contributed by atoms with Gasteiger partial charge in [0.25, 0.3) is 0 Å². The summed E-state index contributed by atoms with van der Waals surface area (Å²) in [6.07, 6.45) is 0.859. The molecule has 0 aliphatic carbocycles. The van der Waals surface area contributed by atoms with E-state index in [2.05, 4.69) is 4.74 Å². The van der Waals surface area contributed by atoms with Crippen LogP contribution in [0.15, 0.2) is 42.7 Å². The highest BCUT2D eigenvalue weighted by atomic mass is 19.1. The molecular formula is C9H7FO2. The van der Waals surface area contributed by atoms with Crippen molar-refractivity contribution in [3.8, 4) is 5.75 Å². The van der Waals surface area contributed by atoms with E-state index in [1.54, 1.807) is 30.3 Å². The van der Waals surface area contributed by atoms with E-state index in [9.17, 15) is 9.18 Å². The summed E-state index contributed by atoms with van der Waals surface area (Å²) in [5.74, 6) is -0.315. The average molecular weight is 166 g/mol. The molecule has 2 nitrogen and oxygen atoms in total. The van der Waals surface area contributed by atoms with Crippen LogP contribution in [0.5, 0.6) is 5.75 Å². The van der Waals surface area contributed by atoms with E-state index in [0.717, 1.165) is 0 Å². The Kier molecular flexibility index (Phi) is 3.02. The predicted molar refractivity (Wildman–Crippen MR) is 42.3 cm³/mol. The van der Waals surface area contributed by atoms with Crippen LogP contribution in [-0.2, 0) is 4.79 Å². The fraction of sp³-hybridized carbons (Fsp3) is 0. The van der Waals surface area contributed by atoms with Crippen molar-refractivity contribution < 1.29 is 13.9 Å². The van der Waals surface area contributed by atoms with Gasteiger partial charge in [0.15, 0.2) is 0 Å². The topological polar surface area (TPSA) is 26.3 Å². The van der Waals surface area contributed by atoms with Gasteiger partial charge in [0.1, 0.15) is 5.75 Å². The van der Waals surface area contributed by atoms with Crippen molar-refractivity contribution in [1.82, 2.24) is 0 Å². The van der Waals surface area contributed by atoms with Crippen molar-refractivity contribution in [2.75, 3.05) is 0 Å². The average Bonchev–Trinajstić information content (AvgIpc) is 2.06. The van der Waals surface area contributed by atoms with Crippen molar-refractivity contribution in [2.45, 2.75) is 0 Å². The molecule has 0 amide bonds. The minimum absolute atomic E-state index is 0.144. The molecule has 12 heavy (non-hydrogen) atoms. The molecular weight excluding hydrogens is 159 g/mol.